The molecule has 0 aliphatic carbocycles. The van der Waals surface area contributed by atoms with Crippen LogP contribution in [0.5, 0.6) is 0 Å². The summed E-state index contributed by atoms with van der Waals surface area (Å²) < 4.78 is 0. The fraction of sp³-hybridized carbons (Fsp3) is 0.308. The molecule has 0 aliphatic heterocycles. The van der Waals surface area contributed by atoms with Crippen LogP contribution in [0.15, 0.2) is 18.2 Å². The molecule has 0 saturated heterocycles. The van der Waals surface area contributed by atoms with Gasteiger partial charge in [0.2, 0.25) is 5.91 Å². The van der Waals surface area contributed by atoms with Crippen molar-refractivity contribution in [2.24, 2.45) is 0 Å². The second-order valence-corrected chi connectivity index (χ2v) is 4.03. The monoisotopic (exact) mass is 249 g/mol. The van der Waals surface area contributed by atoms with Crippen molar-refractivity contribution in [3.63, 3.8) is 0 Å². The highest BCUT2D eigenvalue weighted by atomic mass is 16.4. The minimum Gasteiger partial charge on any atom is -0.481 e. The van der Waals surface area contributed by atoms with Crippen LogP contribution in [-0.2, 0) is 9.59 Å². The summed E-state index contributed by atoms with van der Waals surface area (Å²) in [4.78, 5) is 33.0. The summed E-state index contributed by atoms with van der Waals surface area (Å²) in [5.41, 5.74) is 1.88. The van der Waals surface area contributed by atoms with E-state index in [0.717, 1.165) is 5.56 Å². The molecule has 18 heavy (non-hydrogen) atoms. The summed E-state index contributed by atoms with van der Waals surface area (Å²) in [6.45, 7) is 3.19. The van der Waals surface area contributed by atoms with Crippen molar-refractivity contribution in [1.29, 1.82) is 0 Å². The molecule has 0 aromatic heterocycles. The summed E-state index contributed by atoms with van der Waals surface area (Å²) >= 11 is 0. The van der Waals surface area contributed by atoms with Gasteiger partial charge in [-0.15, -0.1) is 0 Å². The van der Waals surface area contributed by atoms with Gasteiger partial charge in [0.1, 0.15) is 0 Å². The molecule has 5 nitrogen and oxygen atoms in total. The number of amides is 1. The number of hydrogen-bond acceptors (Lipinski definition) is 3. The van der Waals surface area contributed by atoms with Crippen molar-refractivity contribution in [3.05, 3.63) is 29.3 Å². The van der Waals surface area contributed by atoms with Gasteiger partial charge in [0.15, 0.2) is 5.78 Å². The molecule has 1 amide bonds. The van der Waals surface area contributed by atoms with Crippen molar-refractivity contribution >= 4 is 23.3 Å². The van der Waals surface area contributed by atoms with Crippen LogP contribution < -0.4 is 5.32 Å². The molecule has 0 aliphatic rings. The number of carboxylic acids is 1. The normalized spacial score (nSPS) is 9.89. The van der Waals surface area contributed by atoms with Crippen molar-refractivity contribution in [2.75, 3.05) is 5.32 Å². The van der Waals surface area contributed by atoms with Crippen molar-refractivity contribution in [1.82, 2.24) is 0 Å². The number of ketones is 1. The predicted octanol–water partition coefficient (Wildman–Crippen LogP) is 2.00. The van der Waals surface area contributed by atoms with Crippen LogP contribution in [0, 0.1) is 6.92 Å². The van der Waals surface area contributed by atoms with Crippen LogP contribution in [0.4, 0.5) is 5.69 Å². The molecule has 1 aromatic carbocycles. The van der Waals surface area contributed by atoms with Crippen LogP contribution in [0.3, 0.4) is 0 Å². The lowest BCUT2D eigenvalue weighted by Gasteiger charge is -2.08. The highest BCUT2D eigenvalue weighted by Gasteiger charge is 2.10. The zero-order valence-corrected chi connectivity index (χ0v) is 10.3. The molecular weight excluding hydrogens is 234 g/mol. The highest BCUT2D eigenvalue weighted by Crippen LogP contribution is 2.17. The third kappa shape index (κ3) is 4.01. The summed E-state index contributed by atoms with van der Waals surface area (Å²) in [5, 5.41) is 11.2. The first-order chi connectivity index (χ1) is 8.40. The smallest absolute Gasteiger partial charge is 0.303 e. The van der Waals surface area contributed by atoms with E-state index in [1.165, 1.54) is 6.92 Å². The lowest BCUT2D eigenvalue weighted by Crippen LogP contribution is -2.08. The molecule has 0 atom stereocenters. The van der Waals surface area contributed by atoms with E-state index in [1.54, 1.807) is 25.1 Å². The minimum absolute atomic E-state index is 0.0196. The number of rotatable bonds is 5. The maximum atomic E-state index is 11.7. The van der Waals surface area contributed by atoms with Crippen molar-refractivity contribution in [3.8, 4) is 0 Å². The number of carboxylic acid groups (broad SMARTS) is 1. The molecule has 0 unspecified atom stereocenters. The Balaban J connectivity index is 2.80. The first-order valence-corrected chi connectivity index (χ1v) is 5.53. The average molecular weight is 249 g/mol. The van der Waals surface area contributed by atoms with E-state index < -0.39 is 5.97 Å². The van der Waals surface area contributed by atoms with E-state index in [0.29, 0.717) is 11.3 Å². The Hall–Kier alpha value is -2.17. The summed E-state index contributed by atoms with van der Waals surface area (Å²) in [6, 6.07) is 4.88. The van der Waals surface area contributed by atoms with Crippen LogP contribution in [-0.4, -0.2) is 22.8 Å². The number of carbonyl (C=O) groups is 3. The highest BCUT2D eigenvalue weighted by molar-refractivity contribution is 5.98. The van der Waals surface area contributed by atoms with Crippen LogP contribution in [0.1, 0.15) is 35.7 Å². The molecular formula is C13H15NO4. The summed E-state index contributed by atoms with van der Waals surface area (Å²) in [7, 11) is 0. The molecule has 0 spiro atoms. The van der Waals surface area contributed by atoms with Gasteiger partial charge in [-0.25, -0.2) is 0 Å². The number of aliphatic carboxylic acids is 1. The number of aryl methyl sites for hydroxylation is 1. The molecule has 0 radical (unpaired) electrons. The second kappa shape index (κ2) is 5.95. The standard InChI is InChI=1S/C13H15NO4/c1-8-7-10(12(16)5-6-13(17)18)3-4-11(8)14-9(2)15/h3-4,7H,5-6H2,1-2H3,(H,14,15)(H,17,18). The Morgan fingerprint density at radius 1 is 1.22 bits per heavy atom. The maximum absolute atomic E-state index is 11.7. The Kier molecular flexibility index (Phi) is 4.59. The molecule has 0 saturated carbocycles. The van der Waals surface area contributed by atoms with Gasteiger partial charge >= 0.3 is 5.97 Å². The van der Waals surface area contributed by atoms with Gasteiger partial charge in [0.05, 0.1) is 6.42 Å². The number of benzene rings is 1. The third-order valence-corrected chi connectivity index (χ3v) is 2.43. The third-order valence-electron chi connectivity index (χ3n) is 2.43. The number of anilines is 1. The number of carbonyl (C=O) groups excluding carboxylic acids is 2. The van der Waals surface area contributed by atoms with E-state index >= 15 is 0 Å². The summed E-state index contributed by atoms with van der Waals surface area (Å²) in [5.74, 6) is -1.38. The topological polar surface area (TPSA) is 83.5 Å². The Morgan fingerprint density at radius 3 is 2.39 bits per heavy atom. The average Bonchev–Trinajstić information content (AvgIpc) is 2.28. The van der Waals surface area contributed by atoms with Gasteiger partial charge in [0.25, 0.3) is 0 Å². The SMILES string of the molecule is CC(=O)Nc1ccc(C(=O)CCC(=O)O)cc1C. The fourth-order valence-corrected chi connectivity index (χ4v) is 1.53. The molecule has 1 rings (SSSR count). The quantitative estimate of drug-likeness (QED) is 0.782. The largest absolute Gasteiger partial charge is 0.481 e. The van der Waals surface area contributed by atoms with Gasteiger partial charge in [-0.2, -0.15) is 0 Å². The molecule has 96 valence electrons. The zero-order chi connectivity index (χ0) is 13.7. The molecule has 5 heteroatoms. The van der Waals surface area contributed by atoms with Gasteiger partial charge in [-0.3, -0.25) is 14.4 Å². The fourth-order valence-electron chi connectivity index (χ4n) is 1.53. The molecule has 2 N–H and O–H groups in total. The van der Waals surface area contributed by atoms with Gasteiger partial charge < -0.3 is 10.4 Å². The summed E-state index contributed by atoms with van der Waals surface area (Å²) in [6.07, 6.45) is -0.195. The van der Waals surface area contributed by atoms with Crippen LogP contribution >= 0.6 is 0 Å². The Labute approximate surface area is 105 Å². The van der Waals surface area contributed by atoms with E-state index in [4.69, 9.17) is 5.11 Å². The first-order valence-electron chi connectivity index (χ1n) is 5.53. The molecule has 0 bridgehead atoms. The Bertz CT molecular complexity index is 494. The van der Waals surface area contributed by atoms with Gasteiger partial charge in [0, 0.05) is 24.6 Å². The lowest BCUT2D eigenvalue weighted by atomic mass is 10.0. The lowest BCUT2D eigenvalue weighted by molar-refractivity contribution is -0.137. The molecule has 1 aromatic rings. The number of nitrogens with one attached hydrogen (secondary N) is 1. The van der Waals surface area contributed by atoms with E-state index in [2.05, 4.69) is 5.32 Å². The van der Waals surface area contributed by atoms with Gasteiger partial charge in [-0.05, 0) is 30.7 Å². The predicted molar refractivity (Wildman–Crippen MR) is 66.7 cm³/mol. The maximum Gasteiger partial charge on any atom is 0.303 e. The first kappa shape index (κ1) is 13.9. The zero-order valence-electron chi connectivity index (χ0n) is 10.3. The van der Waals surface area contributed by atoms with Gasteiger partial charge in [-0.1, -0.05) is 0 Å². The second-order valence-electron chi connectivity index (χ2n) is 4.03. The number of Topliss-reactive ketones (excluding diaryl/α,β-unsaturated/α-hetero) is 1. The van der Waals surface area contributed by atoms with E-state index in [-0.39, 0.29) is 24.5 Å². The van der Waals surface area contributed by atoms with E-state index in [9.17, 15) is 14.4 Å². The van der Waals surface area contributed by atoms with Crippen molar-refractivity contribution < 1.29 is 19.5 Å². The minimum atomic E-state index is -0.991. The number of hydrogen-bond donors (Lipinski definition) is 2. The van der Waals surface area contributed by atoms with E-state index in [1.807, 2.05) is 0 Å². The molecule has 0 fully saturated rings. The van der Waals surface area contributed by atoms with Crippen molar-refractivity contribution in [2.45, 2.75) is 26.7 Å². The van der Waals surface area contributed by atoms with Crippen LogP contribution in [0.25, 0.3) is 0 Å². The molecule has 0 heterocycles. The Morgan fingerprint density at radius 2 is 1.89 bits per heavy atom. The van der Waals surface area contributed by atoms with Crippen LogP contribution in [0.2, 0.25) is 0 Å².